The summed E-state index contributed by atoms with van der Waals surface area (Å²) >= 11 is 1.98. The summed E-state index contributed by atoms with van der Waals surface area (Å²) in [4.78, 5) is 0. The van der Waals surface area contributed by atoms with Crippen LogP contribution in [0.1, 0.15) is 44.9 Å². The van der Waals surface area contributed by atoms with Crippen LogP contribution in [-0.4, -0.2) is 9.30 Å². The molecule has 0 aliphatic rings. The molecule has 5 heteroatoms. The van der Waals surface area contributed by atoms with Gasteiger partial charge >= 0.3 is 0 Å². The van der Waals surface area contributed by atoms with Gasteiger partial charge in [0.25, 0.3) is 0 Å². The average molecular weight is 336 g/mol. The molecule has 1 aromatic carbocycles. The van der Waals surface area contributed by atoms with E-state index >= 15 is 0 Å². The highest BCUT2D eigenvalue weighted by molar-refractivity contribution is 9.10. The summed E-state index contributed by atoms with van der Waals surface area (Å²) < 4.78 is 28.9. The van der Waals surface area contributed by atoms with Gasteiger partial charge in [-0.25, -0.2) is 4.39 Å². The quantitative estimate of drug-likeness (QED) is 0.847. The number of halogens is 2. The third-order valence-corrected chi connectivity index (χ3v) is 4.98. The third kappa shape index (κ3) is 3.70. The molecule has 0 unspecified atom stereocenters. The van der Waals surface area contributed by atoms with E-state index in [-0.39, 0.29) is 16.6 Å². The van der Waals surface area contributed by atoms with Crippen molar-refractivity contribution in [1.82, 2.24) is 4.72 Å². The summed E-state index contributed by atoms with van der Waals surface area (Å²) in [7, 11) is 0. The molecule has 2 atom stereocenters. The van der Waals surface area contributed by atoms with Gasteiger partial charge in [-0.1, -0.05) is 6.07 Å². The van der Waals surface area contributed by atoms with Crippen LogP contribution in [0.3, 0.4) is 0 Å². The van der Waals surface area contributed by atoms with E-state index in [2.05, 4.69) is 20.7 Å². The summed E-state index contributed by atoms with van der Waals surface area (Å²) in [6, 6.07) is 3.36. The van der Waals surface area contributed by atoms with Crippen molar-refractivity contribution < 1.29 is 8.94 Å². The van der Waals surface area contributed by atoms with Gasteiger partial charge in [0.05, 0.1) is 10.5 Å². The Kier molecular flexibility index (Phi) is 5.23. The van der Waals surface area contributed by atoms with E-state index in [1.807, 2.05) is 33.8 Å². The number of hydrogen-bond donors (Lipinski definition) is 1. The normalized spacial score (nSPS) is 15.6. The van der Waals surface area contributed by atoms with Gasteiger partial charge in [0.15, 0.2) is 0 Å². The molecule has 0 bridgehead atoms. The molecular formula is C13H19BrFNOS. The van der Waals surface area contributed by atoms with Crippen LogP contribution >= 0.6 is 15.9 Å². The summed E-state index contributed by atoms with van der Waals surface area (Å²) in [6.45, 7) is 9.32. The van der Waals surface area contributed by atoms with Gasteiger partial charge in [0, 0.05) is 11.4 Å². The first-order valence-electron chi connectivity index (χ1n) is 5.77. The van der Waals surface area contributed by atoms with Crippen molar-refractivity contribution in [3.63, 3.8) is 0 Å². The molecule has 0 fully saturated rings. The molecule has 1 rings (SSSR count). The zero-order valence-electron chi connectivity index (χ0n) is 11.3. The van der Waals surface area contributed by atoms with E-state index in [1.54, 1.807) is 13.0 Å². The fraction of sp³-hybridized carbons (Fsp3) is 0.538. The molecule has 0 spiro atoms. The Hall–Kier alpha value is -0.100. The molecule has 0 radical (unpaired) electrons. The van der Waals surface area contributed by atoms with Crippen molar-refractivity contribution in [2.45, 2.75) is 45.4 Å². The first kappa shape index (κ1) is 16.0. The van der Waals surface area contributed by atoms with E-state index in [1.165, 1.54) is 0 Å². The second-order valence-corrected chi connectivity index (χ2v) is 8.15. The lowest BCUT2D eigenvalue weighted by Crippen LogP contribution is -2.40. The van der Waals surface area contributed by atoms with E-state index in [0.717, 1.165) is 5.56 Å². The molecule has 0 saturated heterocycles. The van der Waals surface area contributed by atoms with Crippen LogP contribution in [0.4, 0.5) is 4.39 Å². The average Bonchev–Trinajstić information content (AvgIpc) is 2.24. The van der Waals surface area contributed by atoms with E-state index < -0.39 is 11.4 Å². The van der Waals surface area contributed by atoms with Crippen molar-refractivity contribution >= 4 is 27.3 Å². The molecule has 0 aliphatic carbocycles. The van der Waals surface area contributed by atoms with Crippen LogP contribution in [0.25, 0.3) is 0 Å². The van der Waals surface area contributed by atoms with E-state index in [4.69, 9.17) is 0 Å². The minimum atomic E-state index is -1.17. The maximum absolute atomic E-state index is 13.8. The van der Waals surface area contributed by atoms with Crippen LogP contribution in [0, 0.1) is 12.7 Å². The highest BCUT2D eigenvalue weighted by atomic mass is 79.9. The van der Waals surface area contributed by atoms with Gasteiger partial charge in [-0.3, -0.25) is 0 Å². The lowest BCUT2D eigenvalue weighted by atomic mass is 10.0. The molecule has 1 aromatic rings. The number of rotatable bonds is 3. The summed E-state index contributed by atoms with van der Waals surface area (Å²) in [5.41, 5.74) is 1.41. The molecule has 0 amide bonds. The van der Waals surface area contributed by atoms with Crippen molar-refractivity contribution in [3.8, 4) is 0 Å². The highest BCUT2D eigenvalue weighted by Crippen LogP contribution is 2.27. The number of hydrogen-bond acceptors (Lipinski definition) is 2. The maximum atomic E-state index is 13.8. The van der Waals surface area contributed by atoms with Crippen molar-refractivity contribution in [2.24, 2.45) is 0 Å². The lowest BCUT2D eigenvalue weighted by Gasteiger charge is -2.27. The van der Waals surface area contributed by atoms with Crippen LogP contribution in [-0.2, 0) is 11.4 Å². The Morgan fingerprint density at radius 2 is 1.94 bits per heavy atom. The Bertz CT molecular complexity index is 434. The molecule has 0 heterocycles. The number of benzene rings is 1. The predicted molar refractivity (Wildman–Crippen MR) is 78.3 cm³/mol. The highest BCUT2D eigenvalue weighted by Gasteiger charge is 2.29. The van der Waals surface area contributed by atoms with Crippen LogP contribution in [0.5, 0.6) is 0 Å². The molecule has 0 saturated carbocycles. The molecule has 0 aromatic heterocycles. The second kappa shape index (κ2) is 5.90. The largest absolute Gasteiger partial charge is 0.598 e. The standard InChI is InChI=1S/C13H19BrFNOS/c1-8-10(6-7-11(14)12(8)15)9(2)16-18(17)13(3,4)5/h6-7,9,16H,1-5H3/t9-,18-/m1/s1. The zero-order chi connectivity index (χ0) is 14.1. The molecular weight excluding hydrogens is 317 g/mol. The van der Waals surface area contributed by atoms with Gasteiger partial charge in [0.1, 0.15) is 10.6 Å². The smallest absolute Gasteiger partial charge is 0.140 e. The summed E-state index contributed by atoms with van der Waals surface area (Å²) in [5, 5.41) is 0. The molecule has 1 N–H and O–H groups in total. The van der Waals surface area contributed by atoms with Crippen LogP contribution < -0.4 is 4.72 Å². The van der Waals surface area contributed by atoms with E-state index in [9.17, 15) is 8.94 Å². The topological polar surface area (TPSA) is 35.1 Å². The third-order valence-electron chi connectivity index (χ3n) is 2.69. The van der Waals surface area contributed by atoms with Gasteiger partial charge in [-0.15, -0.1) is 4.72 Å². The molecule has 0 aliphatic heterocycles. The molecule has 102 valence electrons. The van der Waals surface area contributed by atoms with Crippen LogP contribution in [0.15, 0.2) is 16.6 Å². The van der Waals surface area contributed by atoms with Crippen molar-refractivity contribution in [2.75, 3.05) is 0 Å². The van der Waals surface area contributed by atoms with Gasteiger partial charge in [-0.05, 0) is 67.7 Å². The van der Waals surface area contributed by atoms with Crippen molar-refractivity contribution in [3.05, 3.63) is 33.5 Å². The zero-order valence-corrected chi connectivity index (χ0v) is 13.7. The Morgan fingerprint density at radius 1 is 1.39 bits per heavy atom. The van der Waals surface area contributed by atoms with Crippen molar-refractivity contribution in [1.29, 1.82) is 0 Å². The fourth-order valence-electron chi connectivity index (χ4n) is 1.54. The van der Waals surface area contributed by atoms with Gasteiger partial charge in [-0.2, -0.15) is 0 Å². The van der Waals surface area contributed by atoms with Gasteiger partial charge in [0.2, 0.25) is 0 Å². The molecule has 18 heavy (non-hydrogen) atoms. The Morgan fingerprint density at radius 3 is 2.44 bits per heavy atom. The summed E-state index contributed by atoms with van der Waals surface area (Å²) in [6.07, 6.45) is 0. The van der Waals surface area contributed by atoms with E-state index in [0.29, 0.717) is 10.0 Å². The number of nitrogens with one attached hydrogen (secondary N) is 1. The monoisotopic (exact) mass is 335 g/mol. The van der Waals surface area contributed by atoms with Gasteiger partial charge < -0.3 is 4.55 Å². The maximum Gasteiger partial charge on any atom is 0.140 e. The minimum Gasteiger partial charge on any atom is -0.598 e. The summed E-state index contributed by atoms with van der Waals surface area (Å²) in [5.74, 6) is -0.261. The fourth-order valence-corrected chi connectivity index (χ4v) is 2.77. The Labute approximate surface area is 120 Å². The Balaban J connectivity index is 2.92. The SMILES string of the molecule is Cc1c([C@@H](C)N[S@+]([O-])C(C)(C)C)ccc(Br)c1F. The first-order valence-corrected chi connectivity index (χ1v) is 7.71. The minimum absolute atomic E-state index is 0.160. The second-order valence-electron chi connectivity index (χ2n) is 5.30. The first-order chi connectivity index (χ1) is 8.14. The predicted octanol–water partition coefficient (Wildman–Crippen LogP) is 4.01. The molecule has 2 nitrogen and oxygen atoms in total. The lowest BCUT2D eigenvalue weighted by molar-refractivity contribution is 0.529. The van der Waals surface area contributed by atoms with Crippen LogP contribution in [0.2, 0.25) is 0 Å².